The van der Waals surface area contributed by atoms with Gasteiger partial charge in [-0.15, -0.1) is 0 Å². The number of nitrogens with zero attached hydrogens (tertiary/aromatic N) is 2. The van der Waals surface area contributed by atoms with Crippen LogP contribution in [0.3, 0.4) is 0 Å². The molecule has 0 aliphatic rings. The van der Waals surface area contributed by atoms with E-state index in [4.69, 9.17) is 9.72 Å². The van der Waals surface area contributed by atoms with Gasteiger partial charge in [0.25, 0.3) is 0 Å². The highest BCUT2D eigenvalue weighted by Crippen LogP contribution is 2.29. The Labute approximate surface area is 185 Å². The highest BCUT2D eigenvalue weighted by Gasteiger charge is 2.14. The van der Waals surface area contributed by atoms with Gasteiger partial charge in [-0.25, -0.2) is 4.98 Å². The van der Waals surface area contributed by atoms with Gasteiger partial charge in [-0.1, -0.05) is 67.9 Å². The van der Waals surface area contributed by atoms with Gasteiger partial charge in [0.15, 0.2) is 0 Å². The third kappa shape index (κ3) is 4.66. The lowest BCUT2D eigenvalue weighted by atomic mass is 10.0. The largest absolute Gasteiger partial charge is 0.493 e. The predicted molar refractivity (Wildman–Crippen MR) is 130 cm³/mol. The molecular formula is C28H32N2O. The Morgan fingerprint density at radius 3 is 2.48 bits per heavy atom. The van der Waals surface area contributed by atoms with Crippen molar-refractivity contribution in [2.75, 3.05) is 6.61 Å². The van der Waals surface area contributed by atoms with E-state index in [1.807, 2.05) is 0 Å². The van der Waals surface area contributed by atoms with E-state index in [2.05, 4.69) is 99.0 Å². The topological polar surface area (TPSA) is 27.1 Å². The Balaban J connectivity index is 1.49. The Kier molecular flexibility index (Phi) is 6.41. The lowest BCUT2D eigenvalue weighted by molar-refractivity contribution is 0.299. The number of rotatable bonds is 8. The van der Waals surface area contributed by atoms with E-state index in [1.54, 1.807) is 0 Å². The average molecular weight is 413 g/mol. The van der Waals surface area contributed by atoms with E-state index >= 15 is 0 Å². The minimum Gasteiger partial charge on any atom is -0.493 e. The normalized spacial score (nSPS) is 11.4. The molecule has 0 aliphatic heterocycles. The van der Waals surface area contributed by atoms with Gasteiger partial charge in [0.05, 0.1) is 17.6 Å². The second kappa shape index (κ2) is 9.38. The van der Waals surface area contributed by atoms with Gasteiger partial charge < -0.3 is 9.30 Å². The summed E-state index contributed by atoms with van der Waals surface area (Å²) in [7, 11) is 0. The number of aromatic nitrogens is 2. The molecule has 160 valence electrons. The van der Waals surface area contributed by atoms with Crippen LogP contribution in [0.1, 0.15) is 49.3 Å². The Bertz CT molecular complexity index is 1170. The highest BCUT2D eigenvalue weighted by molar-refractivity contribution is 5.81. The Morgan fingerprint density at radius 2 is 1.68 bits per heavy atom. The summed E-state index contributed by atoms with van der Waals surface area (Å²) in [6.45, 7) is 10.4. The number of ether oxygens (including phenoxy) is 1. The SMILES string of the molecule is Cc1ccc(-c2nc3ccccc3n2CCCCOc2ccccc2C(C)C)c(C)c1. The van der Waals surface area contributed by atoms with Crippen molar-refractivity contribution < 1.29 is 4.74 Å². The summed E-state index contributed by atoms with van der Waals surface area (Å²) >= 11 is 0. The average Bonchev–Trinajstić information content (AvgIpc) is 3.12. The van der Waals surface area contributed by atoms with Crippen molar-refractivity contribution in [3.63, 3.8) is 0 Å². The number of benzene rings is 3. The minimum atomic E-state index is 0.467. The molecule has 0 spiro atoms. The fraction of sp³-hybridized carbons (Fsp3) is 0.321. The minimum absolute atomic E-state index is 0.467. The maximum Gasteiger partial charge on any atom is 0.141 e. The first-order valence-electron chi connectivity index (χ1n) is 11.3. The molecule has 0 unspecified atom stereocenters. The molecule has 0 saturated heterocycles. The number of aryl methyl sites for hydroxylation is 3. The molecule has 0 atom stereocenters. The first-order chi connectivity index (χ1) is 15.0. The van der Waals surface area contributed by atoms with E-state index in [0.717, 1.165) is 43.1 Å². The zero-order chi connectivity index (χ0) is 21.8. The number of hydrogen-bond acceptors (Lipinski definition) is 2. The van der Waals surface area contributed by atoms with Crippen LogP contribution in [0.15, 0.2) is 66.7 Å². The van der Waals surface area contributed by atoms with Crippen LogP contribution >= 0.6 is 0 Å². The molecule has 1 heterocycles. The second-order valence-corrected chi connectivity index (χ2v) is 8.64. The van der Waals surface area contributed by atoms with Crippen LogP contribution in [0, 0.1) is 13.8 Å². The number of unbranched alkanes of at least 4 members (excludes halogenated alkanes) is 1. The molecule has 0 N–H and O–H groups in total. The molecule has 3 nitrogen and oxygen atoms in total. The zero-order valence-electron chi connectivity index (χ0n) is 19.1. The molecule has 1 aromatic heterocycles. The first-order valence-corrected chi connectivity index (χ1v) is 11.3. The van der Waals surface area contributed by atoms with E-state index in [0.29, 0.717) is 5.92 Å². The summed E-state index contributed by atoms with van der Waals surface area (Å²) in [4.78, 5) is 4.98. The summed E-state index contributed by atoms with van der Waals surface area (Å²) in [6, 6.07) is 23.4. The van der Waals surface area contributed by atoms with E-state index in [9.17, 15) is 0 Å². The van der Waals surface area contributed by atoms with Gasteiger partial charge in [0.2, 0.25) is 0 Å². The summed E-state index contributed by atoms with van der Waals surface area (Å²) in [5, 5.41) is 0. The smallest absolute Gasteiger partial charge is 0.141 e. The third-order valence-corrected chi connectivity index (χ3v) is 5.85. The maximum atomic E-state index is 6.13. The van der Waals surface area contributed by atoms with Crippen LogP contribution in [-0.4, -0.2) is 16.2 Å². The molecule has 3 heteroatoms. The zero-order valence-corrected chi connectivity index (χ0v) is 19.1. The monoisotopic (exact) mass is 412 g/mol. The third-order valence-electron chi connectivity index (χ3n) is 5.85. The first kappa shape index (κ1) is 21.2. The maximum absolute atomic E-state index is 6.13. The Morgan fingerprint density at radius 1 is 0.903 bits per heavy atom. The molecular weight excluding hydrogens is 380 g/mol. The quantitative estimate of drug-likeness (QED) is 0.284. The van der Waals surface area contributed by atoms with Crippen molar-refractivity contribution in [2.45, 2.75) is 53.0 Å². The fourth-order valence-electron chi connectivity index (χ4n) is 4.22. The van der Waals surface area contributed by atoms with Crippen LogP contribution < -0.4 is 4.74 Å². The molecule has 0 aliphatic carbocycles. The van der Waals surface area contributed by atoms with Gasteiger partial charge in [-0.3, -0.25) is 0 Å². The van der Waals surface area contributed by atoms with Crippen LogP contribution in [0.4, 0.5) is 0 Å². The van der Waals surface area contributed by atoms with Crippen molar-refractivity contribution in [3.8, 4) is 17.1 Å². The summed E-state index contributed by atoms with van der Waals surface area (Å²) in [5.74, 6) is 2.54. The lowest BCUT2D eigenvalue weighted by Gasteiger charge is -2.14. The number of fused-ring (bicyclic) bond motifs is 1. The second-order valence-electron chi connectivity index (χ2n) is 8.64. The molecule has 31 heavy (non-hydrogen) atoms. The summed E-state index contributed by atoms with van der Waals surface area (Å²) < 4.78 is 8.50. The molecule has 0 saturated carbocycles. The van der Waals surface area contributed by atoms with Gasteiger partial charge in [0.1, 0.15) is 11.6 Å². The van der Waals surface area contributed by atoms with Gasteiger partial charge in [-0.05, 0) is 61.9 Å². The fourth-order valence-corrected chi connectivity index (χ4v) is 4.22. The lowest BCUT2D eigenvalue weighted by Crippen LogP contribution is -2.05. The van der Waals surface area contributed by atoms with E-state index < -0.39 is 0 Å². The van der Waals surface area contributed by atoms with Gasteiger partial charge >= 0.3 is 0 Å². The molecule has 3 aromatic carbocycles. The molecule has 0 radical (unpaired) electrons. The molecule has 4 aromatic rings. The van der Waals surface area contributed by atoms with Crippen molar-refractivity contribution >= 4 is 11.0 Å². The van der Waals surface area contributed by atoms with Gasteiger partial charge in [0, 0.05) is 12.1 Å². The van der Waals surface area contributed by atoms with Gasteiger partial charge in [-0.2, -0.15) is 0 Å². The van der Waals surface area contributed by atoms with Crippen molar-refractivity contribution in [1.29, 1.82) is 0 Å². The molecule has 4 rings (SSSR count). The van der Waals surface area contributed by atoms with E-state index in [1.165, 1.54) is 27.8 Å². The van der Waals surface area contributed by atoms with Crippen LogP contribution in [-0.2, 0) is 6.54 Å². The van der Waals surface area contributed by atoms with Crippen LogP contribution in [0.25, 0.3) is 22.4 Å². The Hall–Kier alpha value is -3.07. The number of para-hydroxylation sites is 3. The van der Waals surface area contributed by atoms with Crippen molar-refractivity contribution in [1.82, 2.24) is 9.55 Å². The molecule has 0 fully saturated rings. The molecule has 0 bridgehead atoms. The summed E-state index contributed by atoms with van der Waals surface area (Å²) in [6.07, 6.45) is 2.05. The number of imidazole rings is 1. The summed E-state index contributed by atoms with van der Waals surface area (Å²) in [5.41, 5.74) is 7.29. The standard InChI is InChI=1S/C28H32N2O/c1-20(2)23-11-5-8-14-27(23)31-18-10-9-17-30-26-13-7-6-12-25(26)29-28(30)24-16-15-21(3)19-22(24)4/h5-8,11-16,19-20H,9-10,17-18H2,1-4H3. The van der Waals surface area contributed by atoms with Crippen molar-refractivity contribution in [3.05, 3.63) is 83.4 Å². The van der Waals surface area contributed by atoms with E-state index in [-0.39, 0.29) is 0 Å². The highest BCUT2D eigenvalue weighted by atomic mass is 16.5. The van der Waals surface area contributed by atoms with Crippen LogP contribution in [0.5, 0.6) is 5.75 Å². The predicted octanol–water partition coefficient (Wildman–Crippen LogP) is 7.30. The van der Waals surface area contributed by atoms with Crippen molar-refractivity contribution in [2.24, 2.45) is 0 Å². The van der Waals surface area contributed by atoms with Crippen LogP contribution in [0.2, 0.25) is 0 Å². The molecule has 0 amide bonds. The number of hydrogen-bond donors (Lipinski definition) is 0.